The van der Waals surface area contributed by atoms with Gasteiger partial charge in [0.05, 0.1) is 9.85 Å². The number of halogens is 2. The summed E-state index contributed by atoms with van der Waals surface area (Å²) in [7, 11) is 0. The maximum atomic E-state index is 6.21. The molecule has 0 spiro atoms. The highest BCUT2D eigenvalue weighted by atomic mass is 79.9. The number of nitrogens with zero attached hydrogens (tertiary/aromatic N) is 2. The minimum absolute atomic E-state index is 0.276. The van der Waals surface area contributed by atoms with Crippen LogP contribution in [0.4, 0.5) is 0 Å². The Balaban J connectivity index is 2.37. The molecule has 0 aliphatic rings. The smallest absolute Gasteiger partial charge is 0.142 e. The number of hydrogen-bond acceptors (Lipinski definition) is 3. The van der Waals surface area contributed by atoms with Crippen LogP contribution in [-0.2, 0) is 0 Å². The first-order valence-electron chi connectivity index (χ1n) is 5.35. The molecular weight excluding hydrogens is 320 g/mol. The van der Waals surface area contributed by atoms with Gasteiger partial charge in [-0.05, 0) is 25.0 Å². The molecule has 0 bridgehead atoms. The molecule has 1 atom stereocenters. The van der Waals surface area contributed by atoms with Gasteiger partial charge in [-0.1, -0.05) is 57.9 Å². The number of alkyl halides is 1. The lowest BCUT2D eigenvalue weighted by atomic mass is 10.2. The lowest BCUT2D eigenvalue weighted by molar-refractivity contribution is 0.870. The molecule has 5 heteroatoms. The Morgan fingerprint density at radius 3 is 2.82 bits per heavy atom. The zero-order chi connectivity index (χ0) is 12.4. The zero-order valence-electron chi connectivity index (χ0n) is 9.58. The SMILES string of the molecule is CCC(Br)c1nnc(-c2ccc(C)cc2Cl)s1. The summed E-state index contributed by atoms with van der Waals surface area (Å²) in [6, 6.07) is 5.98. The molecule has 17 heavy (non-hydrogen) atoms. The van der Waals surface area contributed by atoms with E-state index in [1.54, 1.807) is 11.3 Å². The molecular formula is C12H12BrClN2S. The van der Waals surface area contributed by atoms with Crippen molar-refractivity contribution in [2.45, 2.75) is 25.1 Å². The predicted molar refractivity (Wildman–Crippen MR) is 77.1 cm³/mol. The van der Waals surface area contributed by atoms with Gasteiger partial charge in [-0.2, -0.15) is 0 Å². The lowest BCUT2D eigenvalue weighted by Crippen LogP contribution is -1.85. The predicted octanol–water partition coefficient (Wildman–Crippen LogP) is 5.01. The second kappa shape index (κ2) is 5.46. The minimum Gasteiger partial charge on any atom is -0.142 e. The van der Waals surface area contributed by atoms with Crippen LogP contribution in [0.1, 0.15) is 28.7 Å². The highest BCUT2D eigenvalue weighted by Crippen LogP contribution is 2.35. The maximum absolute atomic E-state index is 6.21. The van der Waals surface area contributed by atoms with Crippen molar-refractivity contribution in [2.24, 2.45) is 0 Å². The van der Waals surface area contributed by atoms with E-state index in [1.165, 1.54) is 0 Å². The Hall–Kier alpha value is -0.450. The second-order valence-corrected chi connectivity index (χ2v) is 6.33. The standard InChI is InChI=1S/C12H12BrClN2S/c1-3-9(13)12-16-15-11(17-12)8-5-4-7(2)6-10(8)14/h4-6,9H,3H2,1-2H3. The first kappa shape index (κ1) is 13.0. The van der Waals surface area contributed by atoms with Gasteiger partial charge in [-0.3, -0.25) is 0 Å². The van der Waals surface area contributed by atoms with Gasteiger partial charge in [0.15, 0.2) is 0 Å². The Morgan fingerprint density at radius 1 is 1.41 bits per heavy atom. The molecule has 0 aliphatic heterocycles. The van der Waals surface area contributed by atoms with Crippen LogP contribution < -0.4 is 0 Å². The van der Waals surface area contributed by atoms with Crippen molar-refractivity contribution in [3.05, 3.63) is 33.8 Å². The van der Waals surface area contributed by atoms with Gasteiger partial charge >= 0.3 is 0 Å². The van der Waals surface area contributed by atoms with Crippen LogP contribution in [-0.4, -0.2) is 10.2 Å². The van der Waals surface area contributed by atoms with E-state index >= 15 is 0 Å². The first-order valence-corrected chi connectivity index (χ1v) is 7.46. The quantitative estimate of drug-likeness (QED) is 0.739. The van der Waals surface area contributed by atoms with Crippen LogP contribution in [0.3, 0.4) is 0 Å². The van der Waals surface area contributed by atoms with E-state index in [0.717, 1.165) is 32.6 Å². The van der Waals surface area contributed by atoms with Crippen molar-refractivity contribution >= 4 is 38.9 Å². The summed E-state index contributed by atoms with van der Waals surface area (Å²) in [6.07, 6.45) is 0.996. The summed E-state index contributed by atoms with van der Waals surface area (Å²) in [5.41, 5.74) is 2.10. The van der Waals surface area contributed by atoms with Gasteiger partial charge in [0.2, 0.25) is 0 Å². The number of aryl methyl sites for hydroxylation is 1. The van der Waals surface area contributed by atoms with Gasteiger partial charge in [0, 0.05) is 5.56 Å². The van der Waals surface area contributed by atoms with Gasteiger partial charge in [0.25, 0.3) is 0 Å². The summed E-state index contributed by atoms with van der Waals surface area (Å²) in [5.74, 6) is 0. The van der Waals surface area contributed by atoms with E-state index in [4.69, 9.17) is 11.6 Å². The van der Waals surface area contributed by atoms with Crippen molar-refractivity contribution in [3.8, 4) is 10.6 Å². The van der Waals surface area contributed by atoms with Crippen molar-refractivity contribution in [1.82, 2.24) is 10.2 Å². The van der Waals surface area contributed by atoms with Crippen molar-refractivity contribution < 1.29 is 0 Å². The second-order valence-electron chi connectivity index (χ2n) is 3.80. The third-order valence-electron chi connectivity index (χ3n) is 2.42. The fourth-order valence-corrected chi connectivity index (χ4v) is 3.13. The number of rotatable bonds is 3. The van der Waals surface area contributed by atoms with Crippen LogP contribution in [0.2, 0.25) is 5.02 Å². The molecule has 1 aromatic heterocycles. The van der Waals surface area contributed by atoms with Crippen LogP contribution in [0, 0.1) is 6.92 Å². The summed E-state index contributed by atoms with van der Waals surface area (Å²) in [5, 5.41) is 11.0. The monoisotopic (exact) mass is 330 g/mol. The normalized spacial score (nSPS) is 12.7. The fraction of sp³-hybridized carbons (Fsp3) is 0.333. The summed E-state index contributed by atoms with van der Waals surface area (Å²) in [4.78, 5) is 0.276. The van der Waals surface area contributed by atoms with Crippen LogP contribution in [0.25, 0.3) is 10.6 Å². The van der Waals surface area contributed by atoms with Gasteiger partial charge in [-0.15, -0.1) is 10.2 Å². The summed E-state index contributed by atoms with van der Waals surface area (Å²) < 4.78 is 0. The number of aromatic nitrogens is 2. The topological polar surface area (TPSA) is 25.8 Å². The van der Waals surface area contributed by atoms with Crippen LogP contribution in [0.5, 0.6) is 0 Å². The maximum Gasteiger partial charge on any atom is 0.149 e. The largest absolute Gasteiger partial charge is 0.149 e. The van der Waals surface area contributed by atoms with Crippen molar-refractivity contribution in [2.75, 3.05) is 0 Å². The Bertz CT molecular complexity index is 527. The Morgan fingerprint density at radius 2 is 2.18 bits per heavy atom. The van der Waals surface area contributed by atoms with E-state index in [2.05, 4.69) is 33.1 Å². The van der Waals surface area contributed by atoms with E-state index in [-0.39, 0.29) is 4.83 Å². The van der Waals surface area contributed by atoms with Gasteiger partial charge in [-0.25, -0.2) is 0 Å². The average molecular weight is 332 g/mol. The van der Waals surface area contributed by atoms with E-state index < -0.39 is 0 Å². The van der Waals surface area contributed by atoms with Crippen molar-refractivity contribution in [3.63, 3.8) is 0 Å². The average Bonchev–Trinajstić information content (AvgIpc) is 2.77. The molecule has 0 saturated carbocycles. The van der Waals surface area contributed by atoms with Gasteiger partial charge < -0.3 is 0 Å². The third-order valence-corrected chi connectivity index (χ3v) is 5.19. The van der Waals surface area contributed by atoms with Crippen LogP contribution in [0.15, 0.2) is 18.2 Å². The van der Waals surface area contributed by atoms with Crippen molar-refractivity contribution in [1.29, 1.82) is 0 Å². The molecule has 1 heterocycles. The minimum atomic E-state index is 0.276. The molecule has 2 rings (SSSR count). The zero-order valence-corrected chi connectivity index (χ0v) is 12.7. The molecule has 0 amide bonds. The van der Waals surface area contributed by atoms with Crippen LogP contribution >= 0.6 is 38.9 Å². The molecule has 90 valence electrons. The summed E-state index contributed by atoms with van der Waals surface area (Å²) >= 11 is 11.4. The van der Waals surface area contributed by atoms with Gasteiger partial charge in [0.1, 0.15) is 10.0 Å². The summed E-state index contributed by atoms with van der Waals surface area (Å²) in [6.45, 7) is 4.13. The molecule has 1 unspecified atom stereocenters. The highest BCUT2D eigenvalue weighted by molar-refractivity contribution is 9.09. The Labute approximate surface area is 118 Å². The fourth-order valence-electron chi connectivity index (χ4n) is 1.44. The number of hydrogen-bond donors (Lipinski definition) is 0. The van der Waals surface area contributed by atoms with E-state index in [9.17, 15) is 0 Å². The Kier molecular flexibility index (Phi) is 4.17. The molecule has 2 nitrogen and oxygen atoms in total. The van der Waals surface area contributed by atoms with E-state index in [1.807, 2.05) is 25.1 Å². The third kappa shape index (κ3) is 2.87. The molecule has 0 fully saturated rings. The molecule has 0 saturated heterocycles. The molecule has 0 N–H and O–H groups in total. The van der Waals surface area contributed by atoms with E-state index in [0.29, 0.717) is 0 Å². The molecule has 0 aliphatic carbocycles. The molecule has 0 radical (unpaired) electrons. The highest BCUT2D eigenvalue weighted by Gasteiger charge is 2.14. The molecule has 2 aromatic rings. The molecule has 1 aromatic carbocycles. The lowest BCUT2D eigenvalue weighted by Gasteiger charge is -2.01. The first-order chi connectivity index (χ1) is 8.11. The number of benzene rings is 1.